The molecule has 0 aromatic heterocycles. The summed E-state index contributed by atoms with van der Waals surface area (Å²) in [4.78, 5) is 0. The summed E-state index contributed by atoms with van der Waals surface area (Å²) in [5, 5.41) is 39.0. The molecule has 2 fully saturated rings. The van der Waals surface area contributed by atoms with Gasteiger partial charge in [-0.15, -0.1) is 0 Å². The highest BCUT2D eigenvalue weighted by Gasteiger charge is 2.49. The minimum absolute atomic E-state index is 0.160. The summed E-state index contributed by atoms with van der Waals surface area (Å²) in [6.45, 7) is 3.72. The predicted octanol–water partition coefficient (Wildman–Crippen LogP) is -0.275. The normalized spacial score (nSPS) is 50.2. The molecule has 3 rings (SSSR count). The van der Waals surface area contributed by atoms with Gasteiger partial charge in [0, 0.05) is 5.92 Å². The van der Waals surface area contributed by atoms with Crippen molar-refractivity contribution in [1.29, 1.82) is 0 Å². The van der Waals surface area contributed by atoms with E-state index in [1.165, 1.54) is 5.57 Å². The molecule has 1 saturated heterocycles. The molecule has 3 aliphatic rings. The third-order valence-corrected chi connectivity index (χ3v) is 5.46. The van der Waals surface area contributed by atoms with Gasteiger partial charge in [0.1, 0.15) is 24.4 Å². The maximum Gasteiger partial charge on any atom is 0.205 e. The number of ether oxygens (including phenoxy) is 3. The van der Waals surface area contributed by atoms with Crippen LogP contribution in [0, 0.1) is 17.8 Å². The first kappa shape index (κ1) is 17.1. The lowest BCUT2D eigenvalue weighted by atomic mass is 9.84. The van der Waals surface area contributed by atoms with E-state index in [9.17, 15) is 20.4 Å². The average molecular weight is 330 g/mol. The van der Waals surface area contributed by atoms with Gasteiger partial charge in [-0.1, -0.05) is 6.92 Å². The summed E-state index contributed by atoms with van der Waals surface area (Å²) in [6, 6.07) is 0. The molecule has 2 aliphatic heterocycles. The number of aliphatic hydroxyl groups is 4. The molecule has 0 spiro atoms. The molecule has 2 heterocycles. The minimum Gasteiger partial charge on any atom is -0.472 e. The molecule has 0 unspecified atom stereocenters. The van der Waals surface area contributed by atoms with Crippen LogP contribution in [0.1, 0.15) is 26.7 Å². The van der Waals surface area contributed by atoms with E-state index in [-0.39, 0.29) is 5.92 Å². The average Bonchev–Trinajstić information content (AvgIpc) is 2.93. The molecule has 0 radical (unpaired) electrons. The van der Waals surface area contributed by atoms with E-state index >= 15 is 0 Å². The number of fused-ring (bicyclic) bond motifs is 1. The maximum atomic E-state index is 10.1. The Hall–Kier alpha value is -0.700. The van der Waals surface area contributed by atoms with Crippen LogP contribution in [0.5, 0.6) is 0 Å². The highest BCUT2D eigenvalue weighted by Crippen LogP contribution is 2.46. The van der Waals surface area contributed by atoms with Crippen molar-refractivity contribution >= 4 is 0 Å². The molecule has 1 aliphatic carbocycles. The molecule has 23 heavy (non-hydrogen) atoms. The Bertz CT molecular complexity index is 452. The molecule has 0 bridgehead atoms. The van der Waals surface area contributed by atoms with E-state index in [0.717, 1.165) is 12.8 Å². The zero-order valence-electron chi connectivity index (χ0n) is 13.4. The molecule has 7 nitrogen and oxygen atoms in total. The van der Waals surface area contributed by atoms with Crippen LogP contribution in [-0.4, -0.2) is 64.0 Å². The van der Waals surface area contributed by atoms with E-state index in [1.807, 2.05) is 6.92 Å². The zero-order chi connectivity index (χ0) is 16.7. The van der Waals surface area contributed by atoms with Gasteiger partial charge >= 0.3 is 0 Å². The summed E-state index contributed by atoms with van der Waals surface area (Å²) in [6.07, 6.45) is -3.10. The fraction of sp³-hybridized carbons (Fsp3) is 0.875. The summed E-state index contributed by atoms with van der Waals surface area (Å²) in [5.41, 5.74) is 1.19. The first-order valence-corrected chi connectivity index (χ1v) is 8.22. The summed E-state index contributed by atoms with van der Waals surface area (Å²) >= 11 is 0. The predicted molar refractivity (Wildman–Crippen MR) is 78.9 cm³/mol. The smallest absolute Gasteiger partial charge is 0.205 e. The standard InChI is InChI=1S/C16H26O7/c1-7-3-4-9-8(2)6-21-15(11(7)9)23-16-14(20)13(19)12(18)10(5-17)22-16/h6-7,9-20H,3-5H2,1-2H3/t7-,9-,10+,11-,12+,13-,14+,15+,16-/m1/s1. The fourth-order valence-corrected chi connectivity index (χ4v) is 4.00. The Morgan fingerprint density at radius 2 is 1.87 bits per heavy atom. The molecular formula is C16H26O7. The molecule has 4 N–H and O–H groups in total. The van der Waals surface area contributed by atoms with Crippen molar-refractivity contribution in [3.63, 3.8) is 0 Å². The van der Waals surface area contributed by atoms with Crippen molar-refractivity contribution in [3.05, 3.63) is 11.8 Å². The quantitative estimate of drug-likeness (QED) is 0.564. The molecule has 0 aromatic rings. The molecule has 9 atom stereocenters. The molecule has 0 aromatic carbocycles. The zero-order valence-corrected chi connectivity index (χ0v) is 13.4. The van der Waals surface area contributed by atoms with E-state index in [0.29, 0.717) is 11.8 Å². The van der Waals surface area contributed by atoms with E-state index in [4.69, 9.17) is 14.2 Å². The lowest BCUT2D eigenvalue weighted by Gasteiger charge is -2.43. The van der Waals surface area contributed by atoms with Gasteiger partial charge in [-0.2, -0.15) is 0 Å². The third kappa shape index (κ3) is 3.01. The van der Waals surface area contributed by atoms with Gasteiger partial charge in [-0.05, 0) is 37.2 Å². The van der Waals surface area contributed by atoms with Crippen LogP contribution in [0.15, 0.2) is 11.8 Å². The van der Waals surface area contributed by atoms with Crippen molar-refractivity contribution in [2.45, 2.75) is 63.7 Å². The van der Waals surface area contributed by atoms with Crippen LogP contribution in [0.4, 0.5) is 0 Å². The maximum absolute atomic E-state index is 10.1. The number of rotatable bonds is 3. The van der Waals surface area contributed by atoms with Crippen LogP contribution in [-0.2, 0) is 14.2 Å². The Labute approximate surface area is 135 Å². The van der Waals surface area contributed by atoms with E-state index in [1.54, 1.807) is 6.26 Å². The molecule has 132 valence electrons. The first-order chi connectivity index (χ1) is 10.9. The van der Waals surface area contributed by atoms with Gasteiger partial charge in [0.05, 0.1) is 12.9 Å². The van der Waals surface area contributed by atoms with Gasteiger partial charge in [0.2, 0.25) is 6.29 Å². The minimum atomic E-state index is -1.44. The summed E-state index contributed by atoms with van der Waals surface area (Å²) < 4.78 is 16.9. The number of hydrogen-bond acceptors (Lipinski definition) is 7. The van der Waals surface area contributed by atoms with E-state index in [2.05, 4.69) is 6.92 Å². The molecule has 1 saturated carbocycles. The van der Waals surface area contributed by atoms with Gasteiger partial charge in [-0.3, -0.25) is 0 Å². The summed E-state index contributed by atoms with van der Waals surface area (Å²) in [5.74, 6) is 0.958. The van der Waals surface area contributed by atoms with Crippen LogP contribution in [0.2, 0.25) is 0 Å². The second-order valence-electron chi connectivity index (χ2n) is 6.94. The van der Waals surface area contributed by atoms with Crippen molar-refractivity contribution in [1.82, 2.24) is 0 Å². The fourth-order valence-electron chi connectivity index (χ4n) is 4.00. The largest absolute Gasteiger partial charge is 0.472 e. The number of aliphatic hydroxyl groups excluding tert-OH is 4. The van der Waals surface area contributed by atoms with E-state index < -0.39 is 43.6 Å². The van der Waals surface area contributed by atoms with Crippen LogP contribution < -0.4 is 0 Å². The third-order valence-electron chi connectivity index (χ3n) is 5.46. The molecule has 0 amide bonds. The van der Waals surface area contributed by atoms with Crippen LogP contribution in [0.25, 0.3) is 0 Å². The SMILES string of the molecule is CC1=CO[C@@H](O[C@H]2O[C@@H](CO)[C@H](O)[C@@H](O)[C@@H]2O)[C@@H]2[C@H](C)CC[C@H]12. The van der Waals surface area contributed by atoms with Crippen molar-refractivity contribution in [3.8, 4) is 0 Å². The lowest BCUT2D eigenvalue weighted by molar-refractivity contribution is -0.342. The van der Waals surface area contributed by atoms with Gasteiger partial charge in [0.15, 0.2) is 6.29 Å². The molecule has 7 heteroatoms. The van der Waals surface area contributed by atoms with Crippen molar-refractivity contribution in [2.75, 3.05) is 6.61 Å². The van der Waals surface area contributed by atoms with Crippen LogP contribution in [0.3, 0.4) is 0 Å². The Balaban J connectivity index is 1.73. The monoisotopic (exact) mass is 330 g/mol. The van der Waals surface area contributed by atoms with Crippen molar-refractivity contribution in [2.24, 2.45) is 17.8 Å². The number of allylic oxidation sites excluding steroid dienone is 1. The first-order valence-electron chi connectivity index (χ1n) is 8.22. The topological polar surface area (TPSA) is 109 Å². The Morgan fingerprint density at radius 3 is 2.57 bits per heavy atom. The second kappa shape index (κ2) is 6.66. The Kier molecular flexibility index (Phi) is 4.96. The lowest BCUT2D eigenvalue weighted by Crippen LogP contribution is -2.60. The highest BCUT2D eigenvalue weighted by atomic mass is 16.8. The highest BCUT2D eigenvalue weighted by molar-refractivity contribution is 5.10. The van der Waals surface area contributed by atoms with Gasteiger partial charge < -0.3 is 34.6 Å². The van der Waals surface area contributed by atoms with Crippen LogP contribution >= 0.6 is 0 Å². The Morgan fingerprint density at radius 1 is 1.13 bits per heavy atom. The second-order valence-corrected chi connectivity index (χ2v) is 6.94. The number of hydrogen-bond donors (Lipinski definition) is 4. The van der Waals surface area contributed by atoms with Gasteiger partial charge in [-0.25, -0.2) is 0 Å². The van der Waals surface area contributed by atoms with Crippen molar-refractivity contribution < 1.29 is 34.6 Å². The van der Waals surface area contributed by atoms with Gasteiger partial charge in [0.25, 0.3) is 0 Å². The molecular weight excluding hydrogens is 304 g/mol. The summed E-state index contributed by atoms with van der Waals surface area (Å²) in [7, 11) is 0.